The normalized spacial score (nSPS) is 12.9. The fourth-order valence-corrected chi connectivity index (χ4v) is 9.46. The highest BCUT2D eigenvalue weighted by Crippen LogP contribution is 2.53. The maximum Gasteiger partial charge on any atom is 0.0544 e. The number of aromatic nitrogens is 1. The molecule has 0 spiro atoms. The molecule has 0 bridgehead atoms. The molecule has 57 heavy (non-hydrogen) atoms. The number of hydrogen-bond donors (Lipinski definition) is 1. The summed E-state index contributed by atoms with van der Waals surface area (Å²) < 4.78 is 2.48. The first-order valence-electron chi connectivity index (χ1n) is 19.8. The Morgan fingerprint density at radius 1 is 0.404 bits per heavy atom. The highest BCUT2D eigenvalue weighted by molar-refractivity contribution is 6.15. The molecule has 1 heterocycles. The van der Waals surface area contributed by atoms with Gasteiger partial charge in [0.2, 0.25) is 0 Å². The van der Waals surface area contributed by atoms with E-state index in [1.807, 2.05) is 0 Å². The largest absolute Gasteiger partial charge is 0.355 e. The number of nitrogens with zero attached hydrogens (tertiary/aromatic N) is 1. The standard InChI is InChI=1S/C55H40N2/c1-55(2)48-25-12-11-24-44(48)45-29-32-52-53(54(45)55)47-35-41(28-31-51(47)57(52)42-22-13-21-39(33-42)36-15-5-3-6-16-36)40-27-30-50(46(34-40)38-17-7-4-8-18-38)56-49-26-14-20-37-19-9-10-23-43(37)49/h3-35,56H,1-2H3. The number of benzene rings is 9. The van der Waals surface area contributed by atoms with Gasteiger partial charge in [-0.15, -0.1) is 0 Å². The van der Waals surface area contributed by atoms with Gasteiger partial charge in [-0.2, -0.15) is 0 Å². The van der Waals surface area contributed by atoms with Gasteiger partial charge < -0.3 is 9.88 Å². The van der Waals surface area contributed by atoms with Crippen LogP contribution in [-0.4, -0.2) is 4.57 Å². The van der Waals surface area contributed by atoms with Crippen LogP contribution in [0.25, 0.3) is 82.8 Å². The summed E-state index contributed by atoms with van der Waals surface area (Å²) in [5.74, 6) is 0. The molecule has 1 aliphatic rings. The number of rotatable bonds is 6. The predicted octanol–water partition coefficient (Wildman–Crippen LogP) is 15.0. The van der Waals surface area contributed by atoms with E-state index in [-0.39, 0.29) is 5.41 Å². The van der Waals surface area contributed by atoms with Gasteiger partial charge in [0.25, 0.3) is 0 Å². The van der Waals surface area contributed by atoms with E-state index in [2.05, 4.69) is 224 Å². The predicted molar refractivity (Wildman–Crippen MR) is 242 cm³/mol. The van der Waals surface area contributed by atoms with Crippen molar-refractivity contribution < 1.29 is 0 Å². The number of nitrogens with one attached hydrogen (secondary N) is 1. The average Bonchev–Trinajstić information content (AvgIpc) is 3.72. The van der Waals surface area contributed by atoms with Crippen molar-refractivity contribution in [2.45, 2.75) is 19.3 Å². The lowest BCUT2D eigenvalue weighted by molar-refractivity contribution is 0.666. The van der Waals surface area contributed by atoms with Gasteiger partial charge >= 0.3 is 0 Å². The summed E-state index contributed by atoms with van der Waals surface area (Å²) in [7, 11) is 0. The van der Waals surface area contributed by atoms with E-state index >= 15 is 0 Å². The lowest BCUT2D eigenvalue weighted by Gasteiger charge is -2.22. The first-order valence-corrected chi connectivity index (χ1v) is 19.8. The van der Waals surface area contributed by atoms with Crippen molar-refractivity contribution in [2.24, 2.45) is 0 Å². The minimum absolute atomic E-state index is 0.165. The molecule has 0 fully saturated rings. The summed E-state index contributed by atoms with van der Waals surface area (Å²) in [6, 6.07) is 73.1. The third-order valence-electron chi connectivity index (χ3n) is 12.2. The molecule has 1 aromatic heterocycles. The monoisotopic (exact) mass is 728 g/mol. The highest BCUT2D eigenvalue weighted by Gasteiger charge is 2.38. The smallest absolute Gasteiger partial charge is 0.0544 e. The lowest BCUT2D eigenvalue weighted by atomic mass is 9.80. The van der Waals surface area contributed by atoms with E-state index in [4.69, 9.17) is 0 Å². The van der Waals surface area contributed by atoms with Crippen LogP contribution in [-0.2, 0) is 5.41 Å². The van der Waals surface area contributed by atoms with Crippen molar-refractivity contribution in [2.75, 3.05) is 5.32 Å². The molecule has 270 valence electrons. The second-order valence-corrected chi connectivity index (χ2v) is 15.8. The molecule has 11 rings (SSSR count). The van der Waals surface area contributed by atoms with Gasteiger partial charge in [-0.05, 0) is 104 Å². The van der Waals surface area contributed by atoms with E-state index in [0.29, 0.717) is 0 Å². The van der Waals surface area contributed by atoms with Crippen LogP contribution in [0.3, 0.4) is 0 Å². The van der Waals surface area contributed by atoms with Gasteiger partial charge in [0.05, 0.1) is 11.0 Å². The number of hydrogen-bond acceptors (Lipinski definition) is 1. The van der Waals surface area contributed by atoms with E-state index < -0.39 is 0 Å². The number of anilines is 2. The van der Waals surface area contributed by atoms with Gasteiger partial charge in [-0.25, -0.2) is 0 Å². The molecule has 0 saturated heterocycles. The Morgan fingerprint density at radius 2 is 1.05 bits per heavy atom. The Morgan fingerprint density at radius 3 is 1.91 bits per heavy atom. The zero-order chi connectivity index (χ0) is 38.1. The van der Waals surface area contributed by atoms with Gasteiger partial charge in [-0.3, -0.25) is 0 Å². The molecule has 0 atom stereocenters. The van der Waals surface area contributed by atoms with Crippen LogP contribution < -0.4 is 5.32 Å². The van der Waals surface area contributed by atoms with Crippen molar-refractivity contribution in [3.05, 3.63) is 211 Å². The minimum atomic E-state index is -0.165. The van der Waals surface area contributed by atoms with E-state index in [9.17, 15) is 0 Å². The van der Waals surface area contributed by atoms with E-state index in [1.54, 1.807) is 0 Å². The van der Waals surface area contributed by atoms with Crippen molar-refractivity contribution in [3.63, 3.8) is 0 Å². The topological polar surface area (TPSA) is 17.0 Å². The maximum atomic E-state index is 3.83. The fourth-order valence-electron chi connectivity index (χ4n) is 9.46. The van der Waals surface area contributed by atoms with Crippen LogP contribution in [0.15, 0.2) is 200 Å². The van der Waals surface area contributed by atoms with Gasteiger partial charge in [0.1, 0.15) is 0 Å². The first-order chi connectivity index (χ1) is 28.0. The SMILES string of the molecule is CC1(C)c2ccccc2-c2ccc3c(c21)c1cc(-c2ccc(Nc4cccc5ccccc45)c(-c4ccccc4)c2)ccc1n3-c1cccc(-c2ccccc2)c1. The van der Waals surface area contributed by atoms with Gasteiger partial charge in [-0.1, -0.05) is 166 Å². The molecule has 0 saturated carbocycles. The molecule has 2 heteroatoms. The molecule has 0 amide bonds. The Labute approximate surface area is 333 Å². The van der Waals surface area contributed by atoms with Crippen LogP contribution >= 0.6 is 0 Å². The summed E-state index contributed by atoms with van der Waals surface area (Å²) in [5, 5.41) is 8.85. The van der Waals surface area contributed by atoms with Crippen molar-refractivity contribution >= 4 is 44.0 Å². The summed E-state index contributed by atoms with van der Waals surface area (Å²) in [6.07, 6.45) is 0. The summed E-state index contributed by atoms with van der Waals surface area (Å²) >= 11 is 0. The van der Waals surface area contributed by atoms with Crippen LogP contribution in [0.2, 0.25) is 0 Å². The second kappa shape index (κ2) is 13.0. The maximum absolute atomic E-state index is 3.83. The lowest BCUT2D eigenvalue weighted by Crippen LogP contribution is -2.15. The quantitative estimate of drug-likeness (QED) is 0.180. The van der Waals surface area contributed by atoms with Crippen LogP contribution in [0, 0.1) is 0 Å². The third kappa shape index (κ3) is 5.33. The Balaban J connectivity index is 1.13. The van der Waals surface area contributed by atoms with Crippen LogP contribution in [0.4, 0.5) is 11.4 Å². The fraction of sp³-hybridized carbons (Fsp3) is 0.0545. The summed E-state index contributed by atoms with van der Waals surface area (Å²) in [4.78, 5) is 0. The zero-order valence-electron chi connectivity index (χ0n) is 32.0. The molecule has 1 N–H and O–H groups in total. The van der Waals surface area contributed by atoms with E-state index in [0.717, 1.165) is 17.1 Å². The highest BCUT2D eigenvalue weighted by atomic mass is 15.0. The summed E-state index contributed by atoms with van der Waals surface area (Å²) in [5.41, 5.74) is 18.2. The van der Waals surface area contributed by atoms with E-state index in [1.165, 1.54) is 88.2 Å². The van der Waals surface area contributed by atoms with Crippen LogP contribution in [0.5, 0.6) is 0 Å². The Kier molecular flexibility index (Phi) is 7.55. The molecule has 10 aromatic rings. The third-order valence-corrected chi connectivity index (χ3v) is 12.2. The summed E-state index contributed by atoms with van der Waals surface area (Å²) in [6.45, 7) is 4.79. The molecule has 1 aliphatic carbocycles. The molecular formula is C55H40N2. The zero-order valence-corrected chi connectivity index (χ0v) is 32.0. The minimum Gasteiger partial charge on any atom is -0.355 e. The molecular weight excluding hydrogens is 689 g/mol. The molecule has 2 nitrogen and oxygen atoms in total. The Hall–Kier alpha value is -7.16. The van der Waals surface area contributed by atoms with Crippen molar-refractivity contribution in [1.82, 2.24) is 4.57 Å². The molecule has 0 radical (unpaired) electrons. The first kappa shape index (κ1) is 33.2. The molecule has 0 unspecified atom stereocenters. The number of fused-ring (bicyclic) bond motifs is 8. The average molecular weight is 729 g/mol. The van der Waals surface area contributed by atoms with Gasteiger partial charge in [0, 0.05) is 44.2 Å². The van der Waals surface area contributed by atoms with Gasteiger partial charge in [0.15, 0.2) is 0 Å². The Bertz CT molecular complexity index is 3160. The van der Waals surface area contributed by atoms with Crippen molar-refractivity contribution in [1.29, 1.82) is 0 Å². The van der Waals surface area contributed by atoms with Crippen molar-refractivity contribution in [3.8, 4) is 50.2 Å². The molecule has 0 aliphatic heterocycles. The molecule has 9 aromatic carbocycles. The second-order valence-electron chi connectivity index (χ2n) is 15.8. The van der Waals surface area contributed by atoms with Crippen LogP contribution in [0.1, 0.15) is 25.0 Å².